The summed E-state index contributed by atoms with van der Waals surface area (Å²) in [5.41, 5.74) is 0. The summed E-state index contributed by atoms with van der Waals surface area (Å²) in [4.78, 5) is 13.8. The molecule has 0 radical (unpaired) electrons. The normalized spacial score (nSPS) is 9.91. The monoisotopic (exact) mass is 156 g/mol. The lowest BCUT2D eigenvalue weighted by atomic mass is 10.4. The lowest BCUT2D eigenvalue weighted by Crippen LogP contribution is -1.96. The molecule has 1 rings (SSSR count). The van der Waals surface area contributed by atoms with E-state index in [0.29, 0.717) is 25.1 Å². The number of carbonyl (C=O) groups excluding carboxylic acids is 1. The highest BCUT2D eigenvalue weighted by Gasteiger charge is 2.02. The van der Waals surface area contributed by atoms with Crippen LogP contribution in [0.15, 0.2) is 4.52 Å². The summed E-state index contributed by atoms with van der Waals surface area (Å²) in [5, 5.41) is 3.53. The van der Waals surface area contributed by atoms with Crippen LogP contribution < -0.4 is 0 Å². The summed E-state index contributed by atoms with van der Waals surface area (Å²) in [7, 11) is 1.58. The molecular formula is C6H8N2O3. The number of hydrogen-bond donors (Lipinski definition) is 0. The molecule has 0 aliphatic carbocycles. The molecule has 60 valence electrons. The number of hydrogen-bond acceptors (Lipinski definition) is 5. The van der Waals surface area contributed by atoms with Gasteiger partial charge in [0.25, 0.3) is 5.89 Å². The average Bonchev–Trinajstić information content (AvgIpc) is 2.48. The Hall–Kier alpha value is -1.23. The van der Waals surface area contributed by atoms with E-state index in [4.69, 9.17) is 4.74 Å². The van der Waals surface area contributed by atoms with Crippen LogP contribution in [0.25, 0.3) is 0 Å². The van der Waals surface area contributed by atoms with Crippen molar-refractivity contribution in [3.63, 3.8) is 0 Å². The second-order valence-corrected chi connectivity index (χ2v) is 1.91. The van der Waals surface area contributed by atoms with E-state index < -0.39 is 0 Å². The molecule has 0 amide bonds. The zero-order chi connectivity index (χ0) is 8.10. The number of rotatable bonds is 4. The number of aromatic nitrogens is 2. The van der Waals surface area contributed by atoms with Gasteiger partial charge in [-0.1, -0.05) is 5.16 Å². The molecule has 0 bridgehead atoms. The topological polar surface area (TPSA) is 65.2 Å². The Bertz CT molecular complexity index is 233. The molecule has 0 aliphatic heterocycles. The van der Waals surface area contributed by atoms with Crippen molar-refractivity contribution in [3.8, 4) is 0 Å². The van der Waals surface area contributed by atoms with E-state index in [0.717, 1.165) is 0 Å². The Morgan fingerprint density at radius 1 is 1.73 bits per heavy atom. The maximum absolute atomic E-state index is 10.1. The van der Waals surface area contributed by atoms with Crippen molar-refractivity contribution in [2.45, 2.75) is 6.42 Å². The lowest BCUT2D eigenvalue weighted by Gasteiger charge is -1.89. The first-order valence-corrected chi connectivity index (χ1v) is 3.13. The van der Waals surface area contributed by atoms with Gasteiger partial charge in [-0.3, -0.25) is 4.79 Å². The summed E-state index contributed by atoms with van der Waals surface area (Å²) in [5.74, 6) is 0.505. The third kappa shape index (κ3) is 2.12. The summed E-state index contributed by atoms with van der Waals surface area (Å²) < 4.78 is 9.30. The Kier molecular flexibility index (Phi) is 2.74. The van der Waals surface area contributed by atoms with Gasteiger partial charge in [0.2, 0.25) is 6.29 Å². The molecule has 0 atom stereocenters. The van der Waals surface area contributed by atoms with Crippen molar-refractivity contribution in [3.05, 3.63) is 11.7 Å². The van der Waals surface area contributed by atoms with Crippen LogP contribution >= 0.6 is 0 Å². The summed E-state index contributed by atoms with van der Waals surface area (Å²) in [6, 6.07) is 0. The van der Waals surface area contributed by atoms with Crippen LogP contribution in [0, 0.1) is 0 Å². The fourth-order valence-electron chi connectivity index (χ4n) is 0.610. The molecule has 1 aromatic heterocycles. The minimum absolute atomic E-state index is 0.0103. The summed E-state index contributed by atoms with van der Waals surface area (Å²) in [6.45, 7) is 0.526. The van der Waals surface area contributed by atoms with Crippen LogP contribution in [-0.2, 0) is 11.2 Å². The maximum Gasteiger partial charge on any atom is 0.290 e. The molecule has 5 heteroatoms. The van der Waals surface area contributed by atoms with E-state index in [1.807, 2.05) is 0 Å². The first-order valence-electron chi connectivity index (χ1n) is 3.13. The summed E-state index contributed by atoms with van der Waals surface area (Å²) in [6.07, 6.45) is 1.08. The number of nitrogens with zero attached hydrogens (tertiary/aromatic N) is 2. The zero-order valence-corrected chi connectivity index (χ0v) is 6.11. The molecule has 0 unspecified atom stereocenters. The van der Waals surface area contributed by atoms with E-state index in [-0.39, 0.29) is 5.89 Å². The van der Waals surface area contributed by atoms with E-state index in [1.165, 1.54) is 0 Å². The largest absolute Gasteiger partial charge is 0.384 e. The van der Waals surface area contributed by atoms with Gasteiger partial charge in [0.1, 0.15) is 0 Å². The van der Waals surface area contributed by atoms with Crippen LogP contribution in [0.2, 0.25) is 0 Å². The molecule has 5 nitrogen and oxygen atoms in total. The van der Waals surface area contributed by atoms with Crippen molar-refractivity contribution in [1.82, 2.24) is 10.1 Å². The van der Waals surface area contributed by atoms with Gasteiger partial charge in [0.05, 0.1) is 6.61 Å². The standard InChI is InChI=1S/C6H8N2O3/c1-10-3-2-5-7-6(4-9)11-8-5/h4H,2-3H2,1H3. The third-order valence-electron chi connectivity index (χ3n) is 1.11. The van der Waals surface area contributed by atoms with Crippen molar-refractivity contribution in [2.75, 3.05) is 13.7 Å². The van der Waals surface area contributed by atoms with Crippen LogP contribution in [0.1, 0.15) is 16.5 Å². The molecule has 0 saturated carbocycles. The first kappa shape index (κ1) is 7.87. The van der Waals surface area contributed by atoms with Gasteiger partial charge in [-0.2, -0.15) is 4.98 Å². The lowest BCUT2D eigenvalue weighted by molar-refractivity contribution is 0.108. The van der Waals surface area contributed by atoms with Crippen molar-refractivity contribution < 1.29 is 14.1 Å². The zero-order valence-electron chi connectivity index (χ0n) is 6.11. The van der Waals surface area contributed by atoms with Gasteiger partial charge in [-0.05, 0) is 0 Å². The Labute approximate surface area is 63.4 Å². The highest BCUT2D eigenvalue weighted by Crippen LogP contribution is 1.94. The molecular weight excluding hydrogens is 148 g/mol. The molecule has 11 heavy (non-hydrogen) atoms. The summed E-state index contributed by atoms with van der Waals surface area (Å²) >= 11 is 0. The van der Waals surface area contributed by atoms with E-state index in [1.54, 1.807) is 7.11 Å². The van der Waals surface area contributed by atoms with Crippen molar-refractivity contribution in [1.29, 1.82) is 0 Å². The molecule has 0 aromatic carbocycles. The predicted octanol–water partition coefficient (Wildman–Crippen LogP) is 0.0710. The van der Waals surface area contributed by atoms with Gasteiger partial charge in [-0.15, -0.1) is 0 Å². The van der Waals surface area contributed by atoms with Crippen molar-refractivity contribution in [2.24, 2.45) is 0 Å². The third-order valence-corrected chi connectivity index (χ3v) is 1.11. The number of methoxy groups -OCH3 is 1. The molecule has 0 N–H and O–H groups in total. The molecule has 0 aliphatic rings. The number of ether oxygens (including phenoxy) is 1. The van der Waals surface area contributed by atoms with Gasteiger partial charge in [-0.25, -0.2) is 0 Å². The minimum Gasteiger partial charge on any atom is -0.384 e. The highest BCUT2D eigenvalue weighted by atomic mass is 16.5. The average molecular weight is 156 g/mol. The first-order chi connectivity index (χ1) is 5.36. The van der Waals surface area contributed by atoms with Crippen molar-refractivity contribution >= 4 is 6.29 Å². The Balaban J connectivity index is 2.51. The Morgan fingerprint density at radius 2 is 2.55 bits per heavy atom. The van der Waals surface area contributed by atoms with Crippen LogP contribution in [-0.4, -0.2) is 30.1 Å². The fraction of sp³-hybridized carbons (Fsp3) is 0.500. The molecule has 1 heterocycles. The maximum atomic E-state index is 10.1. The molecule has 0 spiro atoms. The quantitative estimate of drug-likeness (QED) is 0.577. The highest BCUT2D eigenvalue weighted by molar-refractivity contribution is 5.66. The van der Waals surface area contributed by atoms with Gasteiger partial charge < -0.3 is 9.26 Å². The second-order valence-electron chi connectivity index (χ2n) is 1.91. The molecule has 1 aromatic rings. The number of aldehydes is 1. The minimum atomic E-state index is 0.0103. The van der Waals surface area contributed by atoms with Gasteiger partial charge in [0.15, 0.2) is 5.82 Å². The van der Waals surface area contributed by atoms with Gasteiger partial charge in [0, 0.05) is 13.5 Å². The molecule has 0 saturated heterocycles. The Morgan fingerprint density at radius 3 is 3.09 bits per heavy atom. The number of carbonyl (C=O) groups is 1. The molecule has 0 fully saturated rings. The fourth-order valence-corrected chi connectivity index (χ4v) is 0.610. The second kappa shape index (κ2) is 3.82. The smallest absolute Gasteiger partial charge is 0.290 e. The van der Waals surface area contributed by atoms with Crippen LogP contribution in [0.4, 0.5) is 0 Å². The van der Waals surface area contributed by atoms with E-state index in [9.17, 15) is 4.79 Å². The van der Waals surface area contributed by atoms with E-state index in [2.05, 4.69) is 14.7 Å². The SMILES string of the molecule is COCCc1noc(C=O)n1. The van der Waals surface area contributed by atoms with E-state index >= 15 is 0 Å². The van der Waals surface area contributed by atoms with Gasteiger partial charge >= 0.3 is 0 Å². The van der Waals surface area contributed by atoms with Crippen LogP contribution in [0.3, 0.4) is 0 Å². The van der Waals surface area contributed by atoms with Crippen LogP contribution in [0.5, 0.6) is 0 Å². The predicted molar refractivity (Wildman–Crippen MR) is 35.3 cm³/mol.